The third-order valence-electron chi connectivity index (χ3n) is 5.03. The molecule has 25 heavy (non-hydrogen) atoms. The second-order valence-electron chi connectivity index (χ2n) is 6.95. The summed E-state index contributed by atoms with van der Waals surface area (Å²) >= 11 is 0. The fourth-order valence-corrected chi connectivity index (χ4v) is 3.20. The highest BCUT2D eigenvalue weighted by atomic mass is 16.5. The van der Waals surface area contributed by atoms with Gasteiger partial charge < -0.3 is 15.0 Å². The number of anilines is 1. The number of carbonyl (C=O) groups excluding carboxylic acids is 2. The molecule has 0 atom stereocenters. The van der Waals surface area contributed by atoms with Gasteiger partial charge in [0.25, 0.3) is 0 Å². The molecule has 1 saturated carbocycles. The Morgan fingerprint density at radius 3 is 2.56 bits per heavy atom. The van der Waals surface area contributed by atoms with Crippen LogP contribution < -0.4 is 10.1 Å². The molecule has 2 aliphatic rings. The van der Waals surface area contributed by atoms with E-state index < -0.39 is 0 Å². The Hall–Kier alpha value is -2.11. The van der Waals surface area contributed by atoms with E-state index in [1.165, 1.54) is 0 Å². The molecule has 0 unspecified atom stereocenters. The van der Waals surface area contributed by atoms with E-state index in [-0.39, 0.29) is 23.8 Å². The maximum atomic E-state index is 11.9. The highest BCUT2D eigenvalue weighted by Crippen LogP contribution is 2.27. The van der Waals surface area contributed by atoms with Crippen molar-refractivity contribution in [3.63, 3.8) is 0 Å². The lowest BCUT2D eigenvalue weighted by molar-refractivity contribution is -0.133. The zero-order valence-corrected chi connectivity index (χ0v) is 14.9. The molecular formula is C19H27N3O3. The SMILES string of the molecule is CCCC(=O)N1CCC(Oc2ccc(NC(=O)C3CCC3)cn2)CC1. The number of nitrogens with zero attached hydrogens (tertiary/aromatic N) is 2. The zero-order chi connectivity index (χ0) is 17.6. The van der Waals surface area contributed by atoms with Crippen molar-refractivity contribution in [2.45, 2.75) is 58.0 Å². The van der Waals surface area contributed by atoms with Crippen molar-refractivity contribution in [2.24, 2.45) is 5.92 Å². The predicted molar refractivity (Wildman–Crippen MR) is 95.3 cm³/mol. The van der Waals surface area contributed by atoms with E-state index in [2.05, 4.69) is 10.3 Å². The fourth-order valence-electron chi connectivity index (χ4n) is 3.20. The van der Waals surface area contributed by atoms with Crippen LogP contribution in [0.3, 0.4) is 0 Å². The van der Waals surface area contributed by atoms with Gasteiger partial charge in [-0.2, -0.15) is 0 Å². The zero-order valence-electron chi connectivity index (χ0n) is 14.9. The van der Waals surface area contributed by atoms with Crippen molar-refractivity contribution in [1.82, 2.24) is 9.88 Å². The molecule has 2 amide bonds. The number of pyridine rings is 1. The molecule has 0 aromatic carbocycles. The Labute approximate surface area is 148 Å². The van der Waals surface area contributed by atoms with Crippen molar-refractivity contribution >= 4 is 17.5 Å². The summed E-state index contributed by atoms with van der Waals surface area (Å²) in [5.74, 6) is 1.06. The van der Waals surface area contributed by atoms with Crippen LogP contribution in [0.5, 0.6) is 5.88 Å². The first kappa shape index (κ1) is 17.7. The molecule has 1 saturated heterocycles. The largest absolute Gasteiger partial charge is 0.474 e. The molecule has 6 heteroatoms. The number of carbonyl (C=O) groups is 2. The minimum atomic E-state index is 0.0887. The number of amides is 2. The summed E-state index contributed by atoms with van der Waals surface area (Å²) in [6, 6.07) is 3.63. The van der Waals surface area contributed by atoms with E-state index in [9.17, 15) is 9.59 Å². The Bertz CT molecular complexity index is 590. The van der Waals surface area contributed by atoms with Crippen molar-refractivity contribution in [3.05, 3.63) is 18.3 Å². The van der Waals surface area contributed by atoms with Gasteiger partial charge in [0, 0.05) is 44.3 Å². The average Bonchev–Trinajstić information content (AvgIpc) is 2.56. The smallest absolute Gasteiger partial charge is 0.227 e. The third-order valence-corrected chi connectivity index (χ3v) is 5.03. The molecule has 1 N–H and O–H groups in total. The number of aromatic nitrogens is 1. The second-order valence-corrected chi connectivity index (χ2v) is 6.95. The van der Waals surface area contributed by atoms with Gasteiger partial charge in [0.1, 0.15) is 6.10 Å². The van der Waals surface area contributed by atoms with Crippen LogP contribution in [-0.2, 0) is 9.59 Å². The molecule has 136 valence electrons. The van der Waals surface area contributed by atoms with Gasteiger partial charge in [-0.15, -0.1) is 0 Å². The highest BCUT2D eigenvalue weighted by Gasteiger charge is 2.25. The molecule has 1 aliphatic carbocycles. The van der Waals surface area contributed by atoms with Crippen molar-refractivity contribution < 1.29 is 14.3 Å². The Morgan fingerprint density at radius 2 is 2.00 bits per heavy atom. The van der Waals surface area contributed by atoms with Gasteiger partial charge in [-0.05, 0) is 25.3 Å². The summed E-state index contributed by atoms with van der Waals surface area (Å²) in [6.07, 6.45) is 8.03. The van der Waals surface area contributed by atoms with Crippen molar-refractivity contribution in [2.75, 3.05) is 18.4 Å². The highest BCUT2D eigenvalue weighted by molar-refractivity contribution is 5.92. The fraction of sp³-hybridized carbons (Fsp3) is 0.632. The lowest BCUT2D eigenvalue weighted by Crippen LogP contribution is -2.41. The number of hydrogen-bond acceptors (Lipinski definition) is 4. The Morgan fingerprint density at radius 1 is 1.24 bits per heavy atom. The molecule has 6 nitrogen and oxygen atoms in total. The number of rotatable bonds is 6. The van der Waals surface area contributed by atoms with E-state index in [1.54, 1.807) is 12.3 Å². The van der Waals surface area contributed by atoms with Crippen LogP contribution >= 0.6 is 0 Å². The van der Waals surface area contributed by atoms with E-state index >= 15 is 0 Å². The van der Waals surface area contributed by atoms with Crippen LogP contribution in [0.4, 0.5) is 5.69 Å². The number of hydrogen-bond donors (Lipinski definition) is 1. The van der Waals surface area contributed by atoms with Crippen LogP contribution in [0.15, 0.2) is 18.3 Å². The van der Waals surface area contributed by atoms with Crippen molar-refractivity contribution in [1.29, 1.82) is 0 Å². The quantitative estimate of drug-likeness (QED) is 0.860. The van der Waals surface area contributed by atoms with Crippen LogP contribution in [0, 0.1) is 5.92 Å². The first-order chi connectivity index (χ1) is 12.2. The first-order valence-electron chi connectivity index (χ1n) is 9.37. The molecule has 1 aromatic rings. The minimum absolute atomic E-state index is 0.0887. The van der Waals surface area contributed by atoms with Crippen molar-refractivity contribution in [3.8, 4) is 5.88 Å². The summed E-state index contributed by atoms with van der Waals surface area (Å²) in [4.78, 5) is 30.0. The lowest BCUT2D eigenvalue weighted by Gasteiger charge is -2.32. The summed E-state index contributed by atoms with van der Waals surface area (Å²) in [5.41, 5.74) is 0.712. The van der Waals surface area contributed by atoms with Crippen LogP contribution in [0.25, 0.3) is 0 Å². The Balaban J connectivity index is 1.44. The maximum absolute atomic E-state index is 11.9. The third kappa shape index (κ3) is 4.71. The topological polar surface area (TPSA) is 71.5 Å². The summed E-state index contributed by atoms with van der Waals surface area (Å²) < 4.78 is 5.92. The molecule has 0 radical (unpaired) electrons. The number of likely N-dealkylation sites (tertiary alicyclic amines) is 1. The molecule has 1 aliphatic heterocycles. The van der Waals surface area contributed by atoms with Gasteiger partial charge in [0.2, 0.25) is 17.7 Å². The monoisotopic (exact) mass is 345 g/mol. The molecule has 1 aromatic heterocycles. The number of ether oxygens (including phenoxy) is 1. The van der Waals surface area contributed by atoms with E-state index in [1.807, 2.05) is 17.9 Å². The summed E-state index contributed by atoms with van der Waals surface area (Å²) in [5, 5.41) is 2.90. The predicted octanol–water partition coefficient (Wildman–Crippen LogP) is 2.99. The average molecular weight is 345 g/mol. The van der Waals surface area contributed by atoms with Gasteiger partial charge in [0.15, 0.2) is 0 Å². The molecule has 2 heterocycles. The summed E-state index contributed by atoms with van der Waals surface area (Å²) in [7, 11) is 0. The van der Waals surface area contributed by atoms with Gasteiger partial charge >= 0.3 is 0 Å². The lowest BCUT2D eigenvalue weighted by atomic mass is 9.85. The van der Waals surface area contributed by atoms with Gasteiger partial charge in [-0.1, -0.05) is 13.3 Å². The Kier molecular flexibility index (Phi) is 5.89. The minimum Gasteiger partial charge on any atom is -0.474 e. The van der Waals surface area contributed by atoms with Crippen LogP contribution in [-0.4, -0.2) is 40.9 Å². The van der Waals surface area contributed by atoms with Gasteiger partial charge in [-0.25, -0.2) is 4.98 Å². The normalized spacial score (nSPS) is 18.5. The molecule has 2 fully saturated rings. The van der Waals surface area contributed by atoms with E-state index in [4.69, 9.17) is 4.74 Å². The number of piperidine rings is 1. The summed E-state index contributed by atoms with van der Waals surface area (Å²) in [6.45, 7) is 3.52. The molecule has 0 bridgehead atoms. The van der Waals surface area contributed by atoms with E-state index in [0.717, 1.165) is 51.6 Å². The molecule has 3 rings (SSSR count). The van der Waals surface area contributed by atoms with Gasteiger partial charge in [-0.3, -0.25) is 9.59 Å². The van der Waals surface area contributed by atoms with Crippen LogP contribution in [0.2, 0.25) is 0 Å². The van der Waals surface area contributed by atoms with E-state index in [0.29, 0.717) is 18.0 Å². The maximum Gasteiger partial charge on any atom is 0.227 e. The standard InChI is InChI=1S/C19H27N3O3/c1-2-4-18(23)22-11-9-16(10-12-22)25-17-8-7-15(13-20-17)21-19(24)14-5-3-6-14/h7-8,13-14,16H,2-6,9-12H2,1H3,(H,21,24). The molecular weight excluding hydrogens is 318 g/mol. The molecule has 0 spiro atoms. The first-order valence-corrected chi connectivity index (χ1v) is 9.37. The number of nitrogens with one attached hydrogen (secondary N) is 1. The van der Waals surface area contributed by atoms with Crippen LogP contribution in [0.1, 0.15) is 51.9 Å². The van der Waals surface area contributed by atoms with Gasteiger partial charge in [0.05, 0.1) is 11.9 Å². The second kappa shape index (κ2) is 8.32.